The van der Waals surface area contributed by atoms with Gasteiger partial charge < -0.3 is 25.2 Å². The molecule has 1 saturated heterocycles. The zero-order chi connectivity index (χ0) is 26.2. The molecule has 5 rings (SSSR count). The van der Waals surface area contributed by atoms with Crippen LogP contribution in [0, 0.1) is 11.3 Å². The van der Waals surface area contributed by atoms with Crippen molar-refractivity contribution in [3.8, 4) is 23.1 Å². The second kappa shape index (κ2) is 10.2. The zero-order valence-corrected chi connectivity index (χ0v) is 21.7. The molecule has 0 amide bonds. The Morgan fingerprint density at radius 1 is 1.27 bits per heavy atom. The van der Waals surface area contributed by atoms with Crippen LogP contribution in [-0.2, 0) is 11.8 Å². The van der Waals surface area contributed by atoms with Gasteiger partial charge in [-0.3, -0.25) is 0 Å². The summed E-state index contributed by atoms with van der Waals surface area (Å²) in [4.78, 5) is 11.2. The first kappa shape index (κ1) is 25.3. The molecule has 3 aromatic rings. The lowest BCUT2D eigenvalue weighted by atomic mass is 9.83. The third-order valence-electron chi connectivity index (χ3n) is 7.57. The first-order valence-corrected chi connectivity index (χ1v) is 12.8. The number of fused-ring (bicyclic) bond motifs is 1. The van der Waals surface area contributed by atoms with Crippen LogP contribution in [0.25, 0.3) is 11.3 Å². The van der Waals surface area contributed by atoms with Crippen molar-refractivity contribution < 1.29 is 14.9 Å². The SMILES string of the molecule is COc1cc(N2CCC(O)CC2)c(Cl)cc1Nc1nccc(-c2cc(C#N)c3c(c2)C(C)(CO)CC3)n1. The molecule has 1 unspecified atom stereocenters. The molecule has 1 fully saturated rings. The molecule has 1 aliphatic heterocycles. The summed E-state index contributed by atoms with van der Waals surface area (Å²) in [5, 5.41) is 33.4. The number of nitrogens with one attached hydrogen (secondary N) is 1. The Labute approximate surface area is 221 Å². The molecule has 0 saturated carbocycles. The molecule has 0 radical (unpaired) electrons. The standard InChI is InChI=1S/C28H30ClN5O3/c1-28(16-35)7-3-20-18(15-30)11-17(12-21(20)28)23-4-8-31-27(32-23)33-24-13-22(29)25(14-26(24)37-2)34-9-5-19(36)6-10-34/h4,8,11-14,19,35-36H,3,5-7,9-10,16H2,1-2H3,(H,31,32,33). The number of nitriles is 1. The fourth-order valence-corrected chi connectivity index (χ4v) is 5.57. The van der Waals surface area contributed by atoms with Gasteiger partial charge in [0.25, 0.3) is 0 Å². The van der Waals surface area contributed by atoms with Crippen LogP contribution in [0.3, 0.4) is 0 Å². The van der Waals surface area contributed by atoms with Gasteiger partial charge in [0.15, 0.2) is 0 Å². The number of nitrogens with zero attached hydrogens (tertiary/aromatic N) is 4. The maximum Gasteiger partial charge on any atom is 0.227 e. The number of rotatable bonds is 6. The Bertz CT molecular complexity index is 1370. The van der Waals surface area contributed by atoms with E-state index in [9.17, 15) is 15.5 Å². The number of aliphatic hydroxyl groups excluding tert-OH is 2. The van der Waals surface area contributed by atoms with Crippen LogP contribution >= 0.6 is 11.6 Å². The first-order chi connectivity index (χ1) is 17.8. The van der Waals surface area contributed by atoms with Gasteiger partial charge in [-0.2, -0.15) is 5.26 Å². The molecule has 1 aliphatic carbocycles. The minimum Gasteiger partial charge on any atom is -0.494 e. The van der Waals surface area contributed by atoms with Gasteiger partial charge in [0.1, 0.15) is 5.75 Å². The minimum atomic E-state index is -0.372. The van der Waals surface area contributed by atoms with Crippen molar-refractivity contribution in [2.75, 3.05) is 37.0 Å². The van der Waals surface area contributed by atoms with Gasteiger partial charge in [-0.25, -0.2) is 9.97 Å². The summed E-state index contributed by atoms with van der Waals surface area (Å²) in [7, 11) is 1.60. The van der Waals surface area contributed by atoms with Crippen LogP contribution in [0.2, 0.25) is 5.02 Å². The lowest BCUT2D eigenvalue weighted by Gasteiger charge is -2.32. The zero-order valence-electron chi connectivity index (χ0n) is 21.0. The predicted octanol–water partition coefficient (Wildman–Crippen LogP) is 4.58. The number of ether oxygens (including phenoxy) is 1. The van der Waals surface area contributed by atoms with Gasteiger partial charge in [0.05, 0.1) is 53.5 Å². The van der Waals surface area contributed by atoms with E-state index in [1.165, 1.54) is 0 Å². The number of halogens is 1. The molecule has 2 heterocycles. The van der Waals surface area contributed by atoms with E-state index < -0.39 is 0 Å². The predicted molar refractivity (Wildman–Crippen MR) is 144 cm³/mol. The van der Waals surface area contributed by atoms with Crippen molar-refractivity contribution in [1.82, 2.24) is 9.97 Å². The molecule has 2 aliphatic rings. The summed E-state index contributed by atoms with van der Waals surface area (Å²) >= 11 is 6.66. The van der Waals surface area contributed by atoms with E-state index in [0.29, 0.717) is 46.5 Å². The number of anilines is 3. The maximum atomic E-state index is 10.0. The van der Waals surface area contributed by atoms with Crippen molar-refractivity contribution in [1.29, 1.82) is 5.26 Å². The van der Waals surface area contributed by atoms with E-state index in [4.69, 9.17) is 21.3 Å². The highest BCUT2D eigenvalue weighted by Gasteiger charge is 2.35. The Morgan fingerprint density at radius 3 is 2.76 bits per heavy atom. The second-order valence-electron chi connectivity index (χ2n) is 9.99. The van der Waals surface area contributed by atoms with Crippen LogP contribution in [0.1, 0.15) is 42.9 Å². The number of piperidine rings is 1. The van der Waals surface area contributed by atoms with Crippen LogP contribution in [0.15, 0.2) is 36.5 Å². The molecule has 3 N–H and O–H groups in total. The molecule has 2 aromatic carbocycles. The molecular formula is C28H30ClN5O3. The van der Waals surface area contributed by atoms with Crippen molar-refractivity contribution in [2.45, 2.75) is 44.1 Å². The minimum absolute atomic E-state index is 0.0272. The highest BCUT2D eigenvalue weighted by atomic mass is 35.5. The van der Waals surface area contributed by atoms with E-state index in [2.05, 4.69) is 21.3 Å². The number of hydrogen-bond acceptors (Lipinski definition) is 8. The van der Waals surface area contributed by atoms with E-state index in [1.54, 1.807) is 25.4 Å². The van der Waals surface area contributed by atoms with E-state index in [0.717, 1.165) is 48.3 Å². The number of hydrogen-bond donors (Lipinski definition) is 3. The average Bonchev–Trinajstić information content (AvgIpc) is 3.26. The highest BCUT2D eigenvalue weighted by Crippen LogP contribution is 2.42. The van der Waals surface area contributed by atoms with Crippen LogP contribution in [-0.4, -0.2) is 53.1 Å². The summed E-state index contributed by atoms with van der Waals surface area (Å²) in [6.07, 6.45) is 4.38. The fraction of sp³-hybridized carbons (Fsp3) is 0.393. The third kappa shape index (κ3) is 4.82. The van der Waals surface area contributed by atoms with Crippen LogP contribution in [0.5, 0.6) is 5.75 Å². The lowest BCUT2D eigenvalue weighted by Crippen LogP contribution is -2.35. The monoisotopic (exact) mass is 519 g/mol. The smallest absolute Gasteiger partial charge is 0.227 e. The van der Waals surface area contributed by atoms with Crippen molar-refractivity contribution in [3.05, 3.63) is 58.2 Å². The lowest BCUT2D eigenvalue weighted by molar-refractivity contribution is 0.145. The second-order valence-corrected chi connectivity index (χ2v) is 10.4. The molecular weight excluding hydrogens is 490 g/mol. The van der Waals surface area contributed by atoms with Crippen molar-refractivity contribution in [2.24, 2.45) is 0 Å². The summed E-state index contributed by atoms with van der Waals surface area (Å²) in [6.45, 7) is 3.51. The molecule has 1 atom stereocenters. The molecule has 0 spiro atoms. The normalized spacial score (nSPS) is 19.4. The summed E-state index contributed by atoms with van der Waals surface area (Å²) in [5.74, 6) is 0.965. The van der Waals surface area contributed by atoms with Gasteiger partial charge in [0.2, 0.25) is 5.95 Å². The fourth-order valence-electron chi connectivity index (χ4n) is 5.29. The average molecular weight is 520 g/mol. The van der Waals surface area contributed by atoms with Crippen LogP contribution in [0.4, 0.5) is 17.3 Å². The molecule has 192 valence electrons. The molecule has 8 nitrogen and oxygen atoms in total. The topological polar surface area (TPSA) is 115 Å². The highest BCUT2D eigenvalue weighted by molar-refractivity contribution is 6.33. The molecule has 9 heteroatoms. The van der Waals surface area contributed by atoms with Gasteiger partial charge >= 0.3 is 0 Å². The Balaban J connectivity index is 1.46. The third-order valence-corrected chi connectivity index (χ3v) is 7.87. The molecule has 1 aromatic heterocycles. The van der Waals surface area contributed by atoms with E-state index >= 15 is 0 Å². The molecule has 37 heavy (non-hydrogen) atoms. The van der Waals surface area contributed by atoms with E-state index in [-0.39, 0.29) is 18.1 Å². The molecule has 0 bridgehead atoms. The number of methoxy groups -OCH3 is 1. The van der Waals surface area contributed by atoms with Crippen molar-refractivity contribution >= 4 is 28.9 Å². The Morgan fingerprint density at radius 2 is 2.05 bits per heavy atom. The van der Waals surface area contributed by atoms with Gasteiger partial charge in [-0.15, -0.1) is 0 Å². The summed E-state index contributed by atoms with van der Waals surface area (Å²) < 4.78 is 5.64. The summed E-state index contributed by atoms with van der Waals surface area (Å²) in [6, 6.07) is 11.7. The van der Waals surface area contributed by atoms with Crippen LogP contribution < -0.4 is 15.0 Å². The van der Waals surface area contributed by atoms with Crippen molar-refractivity contribution in [3.63, 3.8) is 0 Å². The van der Waals surface area contributed by atoms with Gasteiger partial charge in [-0.05, 0) is 61.1 Å². The summed E-state index contributed by atoms with van der Waals surface area (Å²) in [5.41, 5.74) is 5.22. The Hall–Kier alpha value is -3.38. The Kier molecular flexibility index (Phi) is 6.95. The number of aliphatic hydroxyl groups is 2. The first-order valence-electron chi connectivity index (χ1n) is 12.4. The maximum absolute atomic E-state index is 10.0. The van der Waals surface area contributed by atoms with Gasteiger partial charge in [0, 0.05) is 36.3 Å². The number of aromatic nitrogens is 2. The number of benzene rings is 2. The van der Waals surface area contributed by atoms with E-state index in [1.807, 2.05) is 25.1 Å². The quantitative estimate of drug-likeness (QED) is 0.433. The largest absolute Gasteiger partial charge is 0.494 e. The van der Waals surface area contributed by atoms with Gasteiger partial charge in [-0.1, -0.05) is 18.5 Å².